The molecule has 1 atom stereocenters. The van der Waals surface area contributed by atoms with Gasteiger partial charge in [-0.2, -0.15) is 0 Å². The van der Waals surface area contributed by atoms with Crippen LogP contribution in [-0.2, 0) is 0 Å². The van der Waals surface area contributed by atoms with Crippen molar-refractivity contribution >= 4 is 5.91 Å². The molecule has 136 valence electrons. The van der Waals surface area contributed by atoms with Gasteiger partial charge in [0.05, 0.1) is 5.69 Å². The number of aliphatic hydroxyl groups is 1. The minimum atomic E-state index is -0.372. The lowest BCUT2D eigenvalue weighted by atomic mass is 10.0. The average molecular weight is 348 g/mol. The van der Waals surface area contributed by atoms with Gasteiger partial charge >= 0.3 is 0 Å². The second-order valence-corrected chi connectivity index (χ2v) is 6.34. The number of hydrogen-bond acceptors (Lipinski definition) is 4. The minimum absolute atomic E-state index is 0.0232. The summed E-state index contributed by atoms with van der Waals surface area (Å²) in [6.07, 6.45) is 1.50. The van der Waals surface area contributed by atoms with E-state index in [2.05, 4.69) is 15.4 Å². The zero-order chi connectivity index (χ0) is 18.4. The Morgan fingerprint density at radius 2 is 2.16 bits per heavy atom. The van der Waals surface area contributed by atoms with E-state index >= 15 is 0 Å². The zero-order valence-corrected chi connectivity index (χ0v) is 14.9. The molecule has 1 heterocycles. The molecule has 0 bridgehead atoms. The third-order valence-corrected chi connectivity index (χ3v) is 4.07. The van der Waals surface area contributed by atoms with Crippen molar-refractivity contribution in [3.05, 3.63) is 41.7 Å². The maximum Gasteiger partial charge on any atom is 0.290 e. The predicted molar refractivity (Wildman–Crippen MR) is 93.2 cm³/mol. The first-order chi connectivity index (χ1) is 12.0. The molecule has 2 aromatic rings. The molecule has 2 rings (SSSR count). The lowest BCUT2D eigenvalue weighted by Crippen LogP contribution is -2.30. The Morgan fingerprint density at radius 1 is 1.40 bits per heavy atom. The van der Waals surface area contributed by atoms with E-state index in [0.29, 0.717) is 24.5 Å². The van der Waals surface area contributed by atoms with Gasteiger partial charge in [-0.3, -0.25) is 4.79 Å². The number of hydrogen-bond donors (Lipinski definition) is 2. The number of aromatic nitrogens is 3. The summed E-state index contributed by atoms with van der Waals surface area (Å²) in [5.41, 5.74) is 0.530. The minimum Gasteiger partial charge on any atom is -0.396 e. The molecule has 0 aliphatic heterocycles. The van der Waals surface area contributed by atoms with Crippen LogP contribution in [0.2, 0.25) is 0 Å². The molecule has 25 heavy (non-hydrogen) atoms. The monoisotopic (exact) mass is 348 g/mol. The van der Waals surface area contributed by atoms with Gasteiger partial charge in [0.15, 0.2) is 0 Å². The maximum atomic E-state index is 13.5. The van der Waals surface area contributed by atoms with Gasteiger partial charge in [-0.05, 0) is 30.5 Å². The van der Waals surface area contributed by atoms with E-state index in [1.807, 2.05) is 20.8 Å². The molecule has 1 amide bonds. The van der Waals surface area contributed by atoms with Gasteiger partial charge in [0.2, 0.25) is 5.82 Å². The van der Waals surface area contributed by atoms with E-state index in [1.54, 1.807) is 12.1 Å². The number of nitrogens with one attached hydrogen (secondary N) is 1. The van der Waals surface area contributed by atoms with Crippen LogP contribution < -0.4 is 5.32 Å². The summed E-state index contributed by atoms with van der Waals surface area (Å²) in [6.45, 7) is 6.45. The Morgan fingerprint density at radius 3 is 2.76 bits per heavy atom. The van der Waals surface area contributed by atoms with Gasteiger partial charge in [0.1, 0.15) is 11.6 Å². The largest absolute Gasteiger partial charge is 0.396 e. The number of carbonyl (C=O) groups excluding carboxylic acids is 1. The van der Waals surface area contributed by atoms with Crippen LogP contribution >= 0.6 is 0 Å². The Bertz CT molecular complexity index is 715. The number of rotatable bonds is 8. The molecule has 1 aromatic heterocycles. The van der Waals surface area contributed by atoms with Gasteiger partial charge in [0, 0.05) is 19.1 Å². The van der Waals surface area contributed by atoms with Gasteiger partial charge in [-0.1, -0.05) is 33.3 Å². The summed E-state index contributed by atoms with van der Waals surface area (Å²) in [6, 6.07) is 6.03. The first kappa shape index (κ1) is 19.1. The highest BCUT2D eigenvalue weighted by Crippen LogP contribution is 2.18. The number of halogens is 1. The summed E-state index contributed by atoms with van der Waals surface area (Å²) in [5, 5.41) is 16.1. The van der Waals surface area contributed by atoms with Crippen molar-refractivity contribution < 1.29 is 14.3 Å². The number of benzene rings is 1. The fraction of sp³-hybridized carbons (Fsp3) is 0.500. The summed E-state index contributed by atoms with van der Waals surface area (Å²) in [4.78, 5) is 16.7. The summed E-state index contributed by atoms with van der Waals surface area (Å²) >= 11 is 0. The van der Waals surface area contributed by atoms with E-state index in [9.17, 15) is 9.18 Å². The molecule has 0 radical (unpaired) electrons. The molecule has 0 saturated heterocycles. The highest BCUT2D eigenvalue weighted by atomic mass is 19.1. The van der Waals surface area contributed by atoms with Crippen LogP contribution in [0.4, 0.5) is 4.39 Å². The van der Waals surface area contributed by atoms with Crippen LogP contribution in [0.3, 0.4) is 0 Å². The molecule has 0 spiro atoms. The Balaban J connectivity index is 2.22. The van der Waals surface area contributed by atoms with Gasteiger partial charge in [-0.15, -0.1) is 5.10 Å². The topological polar surface area (TPSA) is 80.0 Å². The van der Waals surface area contributed by atoms with Crippen molar-refractivity contribution in [3.63, 3.8) is 0 Å². The van der Waals surface area contributed by atoms with Crippen molar-refractivity contribution in [2.75, 3.05) is 13.2 Å². The van der Waals surface area contributed by atoms with Gasteiger partial charge < -0.3 is 10.4 Å². The summed E-state index contributed by atoms with van der Waals surface area (Å²) in [7, 11) is 0. The fourth-order valence-corrected chi connectivity index (χ4v) is 2.54. The number of carbonyl (C=O) groups is 1. The predicted octanol–water partition coefficient (Wildman–Crippen LogP) is 2.67. The Hall–Kier alpha value is -2.28. The SMILES string of the molecule is CCC(CCO)CNC(=O)c1nc(C(C)C)n(-c2cccc(F)c2)n1. The fourth-order valence-electron chi connectivity index (χ4n) is 2.54. The third kappa shape index (κ3) is 4.85. The summed E-state index contributed by atoms with van der Waals surface area (Å²) < 4.78 is 15.0. The van der Waals surface area contributed by atoms with Crippen LogP contribution in [-0.4, -0.2) is 38.9 Å². The van der Waals surface area contributed by atoms with E-state index in [-0.39, 0.29) is 36.0 Å². The van der Waals surface area contributed by atoms with Crippen molar-refractivity contribution in [1.29, 1.82) is 0 Å². The molecule has 0 fully saturated rings. The molecule has 1 aromatic carbocycles. The lowest BCUT2D eigenvalue weighted by Gasteiger charge is -2.13. The standard InChI is InChI=1S/C18H25FN4O2/c1-4-13(8-9-24)11-20-18(25)16-21-17(12(2)3)23(22-16)15-7-5-6-14(19)10-15/h5-7,10,12-13,24H,4,8-9,11H2,1-3H3,(H,20,25). The van der Waals surface area contributed by atoms with Crippen molar-refractivity contribution in [2.45, 2.75) is 39.5 Å². The molecule has 1 unspecified atom stereocenters. The van der Waals surface area contributed by atoms with Crippen LogP contribution in [0, 0.1) is 11.7 Å². The van der Waals surface area contributed by atoms with Crippen LogP contribution in [0.15, 0.2) is 24.3 Å². The van der Waals surface area contributed by atoms with Crippen LogP contribution in [0.1, 0.15) is 56.0 Å². The first-order valence-electron chi connectivity index (χ1n) is 8.58. The molecule has 2 N–H and O–H groups in total. The van der Waals surface area contributed by atoms with Crippen molar-refractivity contribution in [2.24, 2.45) is 5.92 Å². The molecule has 0 aliphatic carbocycles. The molecule has 7 heteroatoms. The van der Waals surface area contributed by atoms with Crippen molar-refractivity contribution in [1.82, 2.24) is 20.1 Å². The van der Waals surface area contributed by atoms with E-state index in [4.69, 9.17) is 5.11 Å². The number of aliphatic hydroxyl groups excluding tert-OH is 1. The quantitative estimate of drug-likeness (QED) is 0.769. The maximum absolute atomic E-state index is 13.5. The Kier molecular flexibility index (Phi) is 6.64. The normalized spacial score (nSPS) is 12.4. The Labute approximate surface area is 147 Å². The highest BCUT2D eigenvalue weighted by molar-refractivity contribution is 5.90. The molecule has 6 nitrogen and oxygen atoms in total. The van der Waals surface area contributed by atoms with E-state index in [0.717, 1.165) is 6.42 Å². The zero-order valence-electron chi connectivity index (χ0n) is 14.9. The molecular formula is C18H25FN4O2. The second-order valence-electron chi connectivity index (χ2n) is 6.34. The molecule has 0 aliphatic rings. The van der Waals surface area contributed by atoms with Gasteiger partial charge in [0.25, 0.3) is 5.91 Å². The summed E-state index contributed by atoms with van der Waals surface area (Å²) in [5.74, 6) is 0.154. The van der Waals surface area contributed by atoms with E-state index in [1.165, 1.54) is 16.8 Å². The second kappa shape index (κ2) is 8.71. The van der Waals surface area contributed by atoms with E-state index < -0.39 is 0 Å². The number of nitrogens with zero attached hydrogens (tertiary/aromatic N) is 3. The molecule has 0 saturated carbocycles. The lowest BCUT2D eigenvalue weighted by molar-refractivity contribution is 0.0933. The van der Waals surface area contributed by atoms with Gasteiger partial charge in [-0.25, -0.2) is 14.1 Å². The smallest absolute Gasteiger partial charge is 0.290 e. The number of amides is 1. The highest BCUT2D eigenvalue weighted by Gasteiger charge is 2.20. The van der Waals surface area contributed by atoms with Crippen LogP contribution in [0.25, 0.3) is 5.69 Å². The molecular weight excluding hydrogens is 323 g/mol. The van der Waals surface area contributed by atoms with Crippen LogP contribution in [0.5, 0.6) is 0 Å². The average Bonchev–Trinajstić information content (AvgIpc) is 3.04. The van der Waals surface area contributed by atoms with Crippen molar-refractivity contribution in [3.8, 4) is 5.69 Å². The first-order valence-corrected chi connectivity index (χ1v) is 8.58. The third-order valence-electron chi connectivity index (χ3n) is 4.07.